The standard InChI is InChI=1S/C20H16ClF3N2O2S/c21-17-5-3-14(8-16(17)20(22,23)24)29-26-9-12-2-1-11(7-13(12)10-26)15-4-6-18(27)25-19(15)28/h1-3,5,7-8,15H,4,6,9-10H2,(H,25,27,28). The molecule has 1 fully saturated rings. The molecule has 2 amide bonds. The predicted molar refractivity (Wildman–Crippen MR) is 103 cm³/mol. The van der Waals surface area contributed by atoms with E-state index in [9.17, 15) is 22.8 Å². The van der Waals surface area contributed by atoms with E-state index in [0.29, 0.717) is 30.8 Å². The van der Waals surface area contributed by atoms with Gasteiger partial charge in [-0.3, -0.25) is 14.9 Å². The summed E-state index contributed by atoms with van der Waals surface area (Å²) in [5, 5.41) is 2.04. The Morgan fingerprint density at radius 3 is 2.55 bits per heavy atom. The number of fused-ring (bicyclic) bond motifs is 1. The average molecular weight is 441 g/mol. The molecular weight excluding hydrogens is 425 g/mol. The van der Waals surface area contributed by atoms with Crippen LogP contribution in [-0.4, -0.2) is 16.1 Å². The lowest BCUT2D eigenvalue weighted by atomic mass is 9.89. The number of hydrogen-bond donors (Lipinski definition) is 1. The number of rotatable bonds is 3. The predicted octanol–water partition coefficient (Wildman–Crippen LogP) is 4.90. The zero-order chi connectivity index (χ0) is 20.8. The topological polar surface area (TPSA) is 49.4 Å². The second-order valence-corrected chi connectivity index (χ2v) is 8.64. The molecule has 0 saturated carbocycles. The molecule has 0 spiro atoms. The third-order valence-corrected chi connectivity index (χ3v) is 6.35. The van der Waals surface area contributed by atoms with E-state index in [1.807, 2.05) is 22.5 Å². The SMILES string of the molecule is O=C1CCC(c2ccc3c(c2)CN(Sc2ccc(Cl)c(C(F)(F)F)c2)C3)C(=O)N1. The zero-order valence-electron chi connectivity index (χ0n) is 15.1. The minimum absolute atomic E-state index is 0.254. The van der Waals surface area contributed by atoms with Crippen molar-refractivity contribution in [2.45, 2.75) is 42.9 Å². The van der Waals surface area contributed by atoms with Crippen molar-refractivity contribution in [1.82, 2.24) is 9.62 Å². The van der Waals surface area contributed by atoms with Gasteiger partial charge in [-0.1, -0.05) is 29.8 Å². The number of nitrogens with one attached hydrogen (secondary N) is 1. The number of alkyl halides is 3. The maximum Gasteiger partial charge on any atom is 0.417 e. The molecule has 4 nitrogen and oxygen atoms in total. The van der Waals surface area contributed by atoms with Crippen LogP contribution in [0.3, 0.4) is 0 Å². The molecule has 2 aromatic rings. The van der Waals surface area contributed by atoms with Crippen molar-refractivity contribution >= 4 is 35.4 Å². The Labute approximate surface area is 174 Å². The van der Waals surface area contributed by atoms with Crippen LogP contribution in [0.25, 0.3) is 0 Å². The van der Waals surface area contributed by atoms with Crippen LogP contribution in [0.2, 0.25) is 5.02 Å². The summed E-state index contributed by atoms with van der Waals surface area (Å²) in [5.74, 6) is -0.896. The normalized spacial score (nSPS) is 19.9. The fourth-order valence-corrected chi connectivity index (χ4v) is 4.83. The highest BCUT2D eigenvalue weighted by Gasteiger charge is 2.34. The van der Waals surface area contributed by atoms with E-state index in [1.54, 1.807) is 6.07 Å². The minimum atomic E-state index is -4.50. The lowest BCUT2D eigenvalue weighted by Gasteiger charge is -2.21. The van der Waals surface area contributed by atoms with Crippen molar-refractivity contribution in [3.05, 3.63) is 63.7 Å². The molecular formula is C20H16ClF3N2O2S. The van der Waals surface area contributed by atoms with Crippen LogP contribution in [0.4, 0.5) is 13.2 Å². The number of carbonyl (C=O) groups is 2. The highest BCUT2D eigenvalue weighted by molar-refractivity contribution is 7.97. The number of hydrogen-bond acceptors (Lipinski definition) is 4. The number of amides is 2. The van der Waals surface area contributed by atoms with Gasteiger partial charge in [-0.15, -0.1) is 0 Å². The van der Waals surface area contributed by atoms with Crippen molar-refractivity contribution in [3.63, 3.8) is 0 Å². The molecule has 1 atom stereocenters. The molecule has 9 heteroatoms. The van der Waals surface area contributed by atoms with E-state index in [2.05, 4.69) is 5.32 Å². The molecule has 0 aromatic heterocycles. The molecule has 2 aromatic carbocycles. The Hall–Kier alpha value is -2.03. The molecule has 1 saturated heterocycles. The molecule has 2 heterocycles. The Bertz CT molecular complexity index is 996. The van der Waals surface area contributed by atoms with E-state index >= 15 is 0 Å². The molecule has 0 aliphatic carbocycles. The third kappa shape index (κ3) is 4.29. The number of piperidine rings is 1. The van der Waals surface area contributed by atoms with Gasteiger partial charge in [0.1, 0.15) is 0 Å². The van der Waals surface area contributed by atoms with Gasteiger partial charge in [-0.2, -0.15) is 13.2 Å². The molecule has 1 unspecified atom stereocenters. The second kappa shape index (κ2) is 7.66. The number of halogens is 4. The maximum absolute atomic E-state index is 13.1. The Balaban J connectivity index is 1.49. The van der Waals surface area contributed by atoms with E-state index in [4.69, 9.17) is 11.6 Å². The Kier molecular flexibility index (Phi) is 5.35. The van der Waals surface area contributed by atoms with Gasteiger partial charge in [-0.05, 0) is 53.3 Å². The van der Waals surface area contributed by atoms with E-state index < -0.39 is 11.7 Å². The number of carbonyl (C=O) groups excluding carboxylic acids is 2. The van der Waals surface area contributed by atoms with Gasteiger partial charge in [0.2, 0.25) is 11.8 Å². The van der Waals surface area contributed by atoms with Crippen molar-refractivity contribution in [1.29, 1.82) is 0 Å². The van der Waals surface area contributed by atoms with Gasteiger partial charge < -0.3 is 0 Å². The lowest BCUT2D eigenvalue weighted by molar-refractivity contribution is -0.138. The number of imide groups is 1. The molecule has 4 rings (SSSR count). The number of nitrogens with zero attached hydrogens (tertiary/aromatic N) is 1. The smallest absolute Gasteiger partial charge is 0.296 e. The van der Waals surface area contributed by atoms with Crippen LogP contribution in [0.1, 0.15) is 41.0 Å². The fraction of sp³-hybridized carbons (Fsp3) is 0.300. The monoisotopic (exact) mass is 440 g/mol. The molecule has 1 N–H and O–H groups in total. The zero-order valence-corrected chi connectivity index (χ0v) is 16.6. The van der Waals surface area contributed by atoms with Crippen LogP contribution >= 0.6 is 23.5 Å². The Morgan fingerprint density at radius 2 is 1.83 bits per heavy atom. The summed E-state index contributed by atoms with van der Waals surface area (Å²) in [6.07, 6.45) is -3.71. The van der Waals surface area contributed by atoms with Crippen LogP contribution in [0.15, 0.2) is 41.3 Å². The quantitative estimate of drug-likeness (QED) is 0.544. The molecule has 2 aliphatic rings. The lowest BCUT2D eigenvalue weighted by Crippen LogP contribution is -2.39. The average Bonchev–Trinajstić information content (AvgIpc) is 3.03. The van der Waals surface area contributed by atoms with Gasteiger partial charge in [0, 0.05) is 24.4 Å². The van der Waals surface area contributed by atoms with Gasteiger partial charge in [0.05, 0.1) is 16.5 Å². The van der Waals surface area contributed by atoms with Crippen molar-refractivity contribution in [2.75, 3.05) is 0 Å². The highest BCUT2D eigenvalue weighted by atomic mass is 35.5. The molecule has 2 aliphatic heterocycles. The summed E-state index contributed by atoms with van der Waals surface area (Å²) in [4.78, 5) is 23.9. The first-order chi connectivity index (χ1) is 13.7. The van der Waals surface area contributed by atoms with E-state index in [1.165, 1.54) is 18.0 Å². The van der Waals surface area contributed by atoms with Gasteiger partial charge in [0.15, 0.2) is 0 Å². The fourth-order valence-electron chi connectivity index (χ4n) is 3.60. The summed E-state index contributed by atoms with van der Waals surface area (Å²) < 4.78 is 41.2. The minimum Gasteiger partial charge on any atom is -0.296 e. The number of benzene rings is 2. The molecule has 0 radical (unpaired) electrons. The second-order valence-electron chi connectivity index (χ2n) is 7.06. The van der Waals surface area contributed by atoms with Crippen LogP contribution < -0.4 is 5.32 Å². The van der Waals surface area contributed by atoms with E-state index in [0.717, 1.165) is 22.8 Å². The van der Waals surface area contributed by atoms with Gasteiger partial charge >= 0.3 is 6.18 Å². The molecule has 0 bridgehead atoms. The van der Waals surface area contributed by atoms with Crippen molar-refractivity contribution in [2.24, 2.45) is 0 Å². The highest BCUT2D eigenvalue weighted by Crippen LogP contribution is 2.40. The van der Waals surface area contributed by atoms with Crippen LogP contribution in [-0.2, 0) is 28.9 Å². The van der Waals surface area contributed by atoms with Gasteiger partial charge in [-0.25, -0.2) is 4.31 Å². The van der Waals surface area contributed by atoms with E-state index in [-0.39, 0.29) is 22.8 Å². The summed E-state index contributed by atoms with van der Waals surface area (Å²) in [6, 6.07) is 9.68. The summed E-state index contributed by atoms with van der Waals surface area (Å²) in [7, 11) is 0. The summed E-state index contributed by atoms with van der Waals surface area (Å²) in [6.45, 7) is 1.13. The van der Waals surface area contributed by atoms with Crippen molar-refractivity contribution < 1.29 is 22.8 Å². The largest absolute Gasteiger partial charge is 0.417 e. The first-order valence-electron chi connectivity index (χ1n) is 8.96. The molecule has 152 valence electrons. The first kappa shape index (κ1) is 20.3. The summed E-state index contributed by atoms with van der Waals surface area (Å²) >= 11 is 6.93. The first-order valence-corrected chi connectivity index (χ1v) is 10.1. The maximum atomic E-state index is 13.1. The Morgan fingerprint density at radius 1 is 1.07 bits per heavy atom. The van der Waals surface area contributed by atoms with Crippen molar-refractivity contribution in [3.8, 4) is 0 Å². The van der Waals surface area contributed by atoms with Crippen LogP contribution in [0, 0.1) is 0 Å². The van der Waals surface area contributed by atoms with Crippen LogP contribution in [0.5, 0.6) is 0 Å². The third-order valence-electron chi connectivity index (χ3n) is 5.04. The van der Waals surface area contributed by atoms with Gasteiger partial charge in [0.25, 0.3) is 0 Å². The molecule has 29 heavy (non-hydrogen) atoms. The summed E-state index contributed by atoms with van der Waals surface area (Å²) in [5.41, 5.74) is 2.11.